The zero-order valence-corrected chi connectivity index (χ0v) is 10.2. The van der Waals surface area contributed by atoms with Gasteiger partial charge in [0, 0.05) is 24.8 Å². The number of hydrogen-bond donors (Lipinski definition) is 1. The highest BCUT2D eigenvalue weighted by atomic mass is 32.1. The summed E-state index contributed by atoms with van der Waals surface area (Å²) in [5.74, 6) is 0.912. The van der Waals surface area contributed by atoms with Crippen LogP contribution in [0.4, 0.5) is 5.82 Å². The van der Waals surface area contributed by atoms with E-state index in [1.54, 1.807) is 6.20 Å². The topological polar surface area (TPSA) is 42.1 Å². The van der Waals surface area contributed by atoms with Crippen LogP contribution in [0.1, 0.15) is 25.8 Å². The molecule has 0 aliphatic rings. The van der Waals surface area contributed by atoms with Crippen molar-refractivity contribution in [2.45, 2.75) is 26.3 Å². The fourth-order valence-corrected chi connectivity index (χ4v) is 1.39. The molecule has 4 heteroatoms. The molecule has 0 spiro atoms. The molecule has 1 aromatic heterocycles. The summed E-state index contributed by atoms with van der Waals surface area (Å²) in [5, 5.41) is 0. The van der Waals surface area contributed by atoms with E-state index in [1.165, 1.54) is 0 Å². The molecule has 1 aromatic rings. The van der Waals surface area contributed by atoms with Crippen molar-refractivity contribution in [3.63, 3.8) is 0 Å². The van der Waals surface area contributed by atoms with E-state index in [9.17, 15) is 0 Å². The monoisotopic (exact) mass is 223 g/mol. The molecule has 0 amide bonds. The molecule has 0 radical (unpaired) electrons. The second-order valence-electron chi connectivity index (χ2n) is 3.64. The van der Waals surface area contributed by atoms with Crippen molar-refractivity contribution in [2.24, 2.45) is 5.73 Å². The zero-order chi connectivity index (χ0) is 11.4. The Morgan fingerprint density at radius 1 is 1.67 bits per heavy atom. The third-order valence-corrected chi connectivity index (χ3v) is 2.88. The lowest BCUT2D eigenvalue weighted by molar-refractivity contribution is 0.657. The minimum absolute atomic E-state index is 0.413. The van der Waals surface area contributed by atoms with Gasteiger partial charge in [0.2, 0.25) is 0 Å². The van der Waals surface area contributed by atoms with E-state index in [-0.39, 0.29) is 0 Å². The standard InChI is InChI=1S/C11H17N3S/c1-4-8(2)14(3)10-7-9(11(12)15)5-6-13-10/h5-8H,4H2,1-3H3,(H2,12,15). The van der Waals surface area contributed by atoms with E-state index >= 15 is 0 Å². The van der Waals surface area contributed by atoms with Crippen LogP contribution in [0, 0.1) is 0 Å². The number of pyridine rings is 1. The van der Waals surface area contributed by atoms with E-state index < -0.39 is 0 Å². The van der Waals surface area contributed by atoms with E-state index in [0.29, 0.717) is 11.0 Å². The van der Waals surface area contributed by atoms with Gasteiger partial charge in [0.25, 0.3) is 0 Å². The first-order valence-electron chi connectivity index (χ1n) is 5.05. The molecule has 0 bridgehead atoms. The summed E-state index contributed by atoms with van der Waals surface area (Å²) in [6.45, 7) is 4.31. The van der Waals surface area contributed by atoms with Gasteiger partial charge >= 0.3 is 0 Å². The van der Waals surface area contributed by atoms with Gasteiger partial charge in [-0.15, -0.1) is 0 Å². The Hall–Kier alpha value is -1.16. The van der Waals surface area contributed by atoms with Gasteiger partial charge in [-0.2, -0.15) is 0 Å². The summed E-state index contributed by atoms with van der Waals surface area (Å²) in [4.78, 5) is 6.84. The van der Waals surface area contributed by atoms with Gasteiger partial charge < -0.3 is 10.6 Å². The molecule has 0 aliphatic carbocycles. The first kappa shape index (κ1) is 11.9. The fourth-order valence-electron chi connectivity index (χ4n) is 1.26. The number of nitrogens with two attached hydrogens (primary N) is 1. The number of hydrogen-bond acceptors (Lipinski definition) is 3. The normalized spacial score (nSPS) is 12.2. The summed E-state index contributed by atoms with van der Waals surface area (Å²) >= 11 is 4.93. The number of rotatable bonds is 4. The molecule has 3 nitrogen and oxygen atoms in total. The van der Waals surface area contributed by atoms with E-state index in [2.05, 4.69) is 23.7 Å². The van der Waals surface area contributed by atoms with Gasteiger partial charge in [-0.05, 0) is 25.5 Å². The first-order chi connectivity index (χ1) is 7.06. The van der Waals surface area contributed by atoms with Gasteiger partial charge in [0.05, 0.1) is 0 Å². The van der Waals surface area contributed by atoms with Gasteiger partial charge in [-0.25, -0.2) is 4.98 Å². The maximum absolute atomic E-state index is 5.58. The smallest absolute Gasteiger partial charge is 0.129 e. The predicted molar refractivity (Wildman–Crippen MR) is 68.3 cm³/mol. The molecular formula is C11H17N3S. The Labute approximate surface area is 96.3 Å². The Morgan fingerprint density at radius 3 is 2.87 bits per heavy atom. The lowest BCUT2D eigenvalue weighted by Gasteiger charge is -2.25. The largest absolute Gasteiger partial charge is 0.389 e. The van der Waals surface area contributed by atoms with Crippen LogP contribution in [0.15, 0.2) is 18.3 Å². The molecule has 2 N–H and O–H groups in total. The highest BCUT2D eigenvalue weighted by molar-refractivity contribution is 7.80. The molecule has 15 heavy (non-hydrogen) atoms. The summed E-state index contributed by atoms with van der Waals surface area (Å²) in [6.07, 6.45) is 2.82. The summed E-state index contributed by atoms with van der Waals surface area (Å²) < 4.78 is 0. The molecule has 0 saturated heterocycles. The molecule has 1 atom stereocenters. The molecule has 82 valence electrons. The third-order valence-electron chi connectivity index (χ3n) is 2.64. The SMILES string of the molecule is CCC(C)N(C)c1cc(C(N)=S)ccn1. The predicted octanol–water partition coefficient (Wildman–Crippen LogP) is 1.95. The molecule has 0 aliphatic heterocycles. The Kier molecular flexibility index (Phi) is 4.03. The van der Waals surface area contributed by atoms with Crippen LogP contribution in [0.3, 0.4) is 0 Å². The van der Waals surface area contributed by atoms with Crippen molar-refractivity contribution in [1.82, 2.24) is 4.98 Å². The van der Waals surface area contributed by atoms with Gasteiger partial charge in [0.15, 0.2) is 0 Å². The van der Waals surface area contributed by atoms with Crippen molar-refractivity contribution in [1.29, 1.82) is 0 Å². The van der Waals surface area contributed by atoms with Crippen molar-refractivity contribution < 1.29 is 0 Å². The van der Waals surface area contributed by atoms with Gasteiger partial charge in [-0.3, -0.25) is 0 Å². The van der Waals surface area contributed by atoms with E-state index in [0.717, 1.165) is 17.8 Å². The Balaban J connectivity index is 2.94. The summed E-state index contributed by atoms with van der Waals surface area (Å²) in [7, 11) is 2.03. The average molecular weight is 223 g/mol. The lowest BCUT2D eigenvalue weighted by Crippen LogP contribution is -2.29. The fraction of sp³-hybridized carbons (Fsp3) is 0.455. The van der Waals surface area contributed by atoms with Crippen LogP contribution >= 0.6 is 12.2 Å². The number of aromatic nitrogens is 1. The molecule has 1 heterocycles. The minimum Gasteiger partial charge on any atom is -0.389 e. The second-order valence-corrected chi connectivity index (χ2v) is 4.07. The molecule has 1 unspecified atom stereocenters. The van der Waals surface area contributed by atoms with Crippen LogP contribution < -0.4 is 10.6 Å². The Morgan fingerprint density at radius 2 is 2.33 bits per heavy atom. The van der Waals surface area contributed by atoms with Crippen molar-refractivity contribution in [3.8, 4) is 0 Å². The third kappa shape index (κ3) is 2.89. The maximum atomic E-state index is 5.58. The van der Waals surface area contributed by atoms with Crippen molar-refractivity contribution >= 4 is 23.0 Å². The highest BCUT2D eigenvalue weighted by Gasteiger charge is 2.09. The zero-order valence-electron chi connectivity index (χ0n) is 9.40. The molecule has 0 aromatic carbocycles. The second kappa shape index (κ2) is 5.07. The van der Waals surface area contributed by atoms with E-state index in [4.69, 9.17) is 18.0 Å². The van der Waals surface area contributed by atoms with Gasteiger partial charge in [0.1, 0.15) is 10.8 Å². The van der Waals surface area contributed by atoms with E-state index in [1.807, 2.05) is 19.2 Å². The average Bonchev–Trinajstić information content (AvgIpc) is 2.27. The molecule has 1 rings (SSSR count). The maximum Gasteiger partial charge on any atom is 0.129 e. The van der Waals surface area contributed by atoms with Crippen molar-refractivity contribution in [2.75, 3.05) is 11.9 Å². The van der Waals surface area contributed by atoms with Crippen LogP contribution in [-0.2, 0) is 0 Å². The van der Waals surface area contributed by atoms with Crippen LogP contribution in [0.25, 0.3) is 0 Å². The van der Waals surface area contributed by atoms with Crippen LogP contribution in [0.5, 0.6) is 0 Å². The van der Waals surface area contributed by atoms with Gasteiger partial charge in [-0.1, -0.05) is 19.1 Å². The lowest BCUT2D eigenvalue weighted by atomic mass is 10.2. The highest BCUT2D eigenvalue weighted by Crippen LogP contribution is 2.14. The number of anilines is 1. The molecular weight excluding hydrogens is 206 g/mol. The van der Waals surface area contributed by atoms with Crippen molar-refractivity contribution in [3.05, 3.63) is 23.9 Å². The Bertz CT molecular complexity index is 351. The van der Waals surface area contributed by atoms with Crippen LogP contribution in [0.2, 0.25) is 0 Å². The molecule has 0 saturated carbocycles. The number of thiocarbonyl (C=S) groups is 1. The molecule has 0 fully saturated rings. The first-order valence-corrected chi connectivity index (χ1v) is 5.45. The summed E-state index contributed by atoms with van der Waals surface area (Å²) in [5.41, 5.74) is 6.44. The minimum atomic E-state index is 0.413. The number of nitrogens with zero attached hydrogens (tertiary/aromatic N) is 2. The quantitative estimate of drug-likeness (QED) is 0.792. The summed E-state index contributed by atoms with van der Waals surface area (Å²) in [6, 6.07) is 4.21. The van der Waals surface area contributed by atoms with Crippen LogP contribution in [-0.4, -0.2) is 23.1 Å².